The number of rotatable bonds is 6. The fourth-order valence-corrected chi connectivity index (χ4v) is 2.61. The summed E-state index contributed by atoms with van der Waals surface area (Å²) in [6, 6.07) is 21.1. The molecule has 0 bridgehead atoms. The molecule has 0 saturated heterocycles. The number of hydrogen-bond donors (Lipinski definition) is 2. The maximum Gasteiger partial charge on any atom is 0.271 e. The number of nitrogens with zero attached hydrogens (tertiary/aromatic N) is 2. The van der Waals surface area contributed by atoms with Gasteiger partial charge in [-0.05, 0) is 43.3 Å². The molecule has 8 heteroatoms. The number of hydrogen-bond acceptors (Lipinski definition) is 5. The molecule has 2 amide bonds. The van der Waals surface area contributed by atoms with Crippen LogP contribution < -0.4 is 10.7 Å². The molecule has 0 aromatic heterocycles. The second-order valence-electron chi connectivity index (χ2n) is 6.34. The van der Waals surface area contributed by atoms with E-state index in [1.165, 1.54) is 12.1 Å². The van der Waals surface area contributed by atoms with E-state index in [1.54, 1.807) is 67.6 Å². The number of non-ortho nitro benzene ring substituents is 1. The summed E-state index contributed by atoms with van der Waals surface area (Å²) in [6.45, 7) is 1.64. The second-order valence-corrected chi connectivity index (χ2v) is 6.34. The molecule has 8 nitrogen and oxygen atoms in total. The highest BCUT2D eigenvalue weighted by atomic mass is 16.6. The van der Waals surface area contributed by atoms with Crippen molar-refractivity contribution in [1.82, 2.24) is 5.43 Å². The van der Waals surface area contributed by atoms with Gasteiger partial charge in [0.25, 0.3) is 17.5 Å². The summed E-state index contributed by atoms with van der Waals surface area (Å²) in [6.07, 6.45) is 0. The smallest absolute Gasteiger partial charge is 0.271 e. The van der Waals surface area contributed by atoms with E-state index < -0.39 is 10.8 Å². The molecule has 0 fully saturated rings. The normalized spacial score (nSPS) is 10.9. The predicted octanol–water partition coefficient (Wildman–Crippen LogP) is 4.00. The Hall–Kier alpha value is -4.33. The van der Waals surface area contributed by atoms with E-state index in [4.69, 9.17) is 0 Å². The van der Waals surface area contributed by atoms with Crippen molar-refractivity contribution in [2.24, 2.45) is 5.10 Å². The van der Waals surface area contributed by atoms with Crippen LogP contribution in [0, 0.1) is 10.1 Å². The standard InChI is InChI=1S/C22H18N4O4/c1-15(18-8-5-9-20(14-18)26(29)30)24-25-22(28)17-10-12-19(13-11-17)23-21(27)16-6-3-2-4-7-16/h2-14H,1H3,(H,23,27)(H,25,28). The Morgan fingerprint density at radius 1 is 0.833 bits per heavy atom. The molecule has 0 spiro atoms. The van der Waals surface area contributed by atoms with Gasteiger partial charge in [-0.2, -0.15) is 5.10 Å². The number of benzene rings is 3. The lowest BCUT2D eigenvalue weighted by Crippen LogP contribution is -2.19. The lowest BCUT2D eigenvalue weighted by molar-refractivity contribution is -0.384. The van der Waals surface area contributed by atoms with Gasteiger partial charge in [0.15, 0.2) is 0 Å². The summed E-state index contributed by atoms with van der Waals surface area (Å²) in [7, 11) is 0. The van der Waals surface area contributed by atoms with E-state index in [-0.39, 0.29) is 11.6 Å². The summed E-state index contributed by atoms with van der Waals surface area (Å²) >= 11 is 0. The molecule has 0 aliphatic heterocycles. The highest BCUT2D eigenvalue weighted by molar-refractivity contribution is 6.04. The van der Waals surface area contributed by atoms with Crippen molar-refractivity contribution in [2.45, 2.75) is 6.92 Å². The average molecular weight is 402 g/mol. The molecular weight excluding hydrogens is 384 g/mol. The van der Waals surface area contributed by atoms with Crippen LogP contribution in [0.1, 0.15) is 33.2 Å². The topological polar surface area (TPSA) is 114 Å². The molecule has 150 valence electrons. The molecule has 2 N–H and O–H groups in total. The first-order valence-electron chi connectivity index (χ1n) is 9.00. The van der Waals surface area contributed by atoms with Gasteiger partial charge in [0, 0.05) is 34.5 Å². The number of nitro groups is 1. The molecule has 0 radical (unpaired) electrons. The van der Waals surface area contributed by atoms with Crippen molar-refractivity contribution in [3.8, 4) is 0 Å². The van der Waals surface area contributed by atoms with Crippen LogP contribution >= 0.6 is 0 Å². The first-order chi connectivity index (χ1) is 14.4. The number of hydrazone groups is 1. The molecule has 0 atom stereocenters. The molecule has 0 saturated carbocycles. The Balaban J connectivity index is 1.63. The molecule has 3 rings (SSSR count). The molecule has 0 heterocycles. The third-order valence-electron chi connectivity index (χ3n) is 4.24. The van der Waals surface area contributed by atoms with Gasteiger partial charge in [-0.1, -0.05) is 30.3 Å². The number of nitro benzene ring substituents is 1. The maximum atomic E-state index is 12.3. The van der Waals surface area contributed by atoms with E-state index in [2.05, 4.69) is 15.8 Å². The Kier molecular flexibility index (Phi) is 6.29. The summed E-state index contributed by atoms with van der Waals surface area (Å²) in [4.78, 5) is 34.8. The van der Waals surface area contributed by atoms with Gasteiger partial charge in [-0.3, -0.25) is 19.7 Å². The van der Waals surface area contributed by atoms with E-state index in [0.717, 1.165) is 0 Å². The number of carbonyl (C=O) groups excluding carboxylic acids is 2. The fourth-order valence-electron chi connectivity index (χ4n) is 2.61. The highest BCUT2D eigenvalue weighted by Crippen LogP contribution is 2.14. The first kappa shape index (κ1) is 20.4. The fraction of sp³-hybridized carbons (Fsp3) is 0.0455. The van der Waals surface area contributed by atoms with Crippen molar-refractivity contribution in [3.63, 3.8) is 0 Å². The Labute approximate surface area is 172 Å². The van der Waals surface area contributed by atoms with Crippen molar-refractivity contribution < 1.29 is 14.5 Å². The predicted molar refractivity (Wildman–Crippen MR) is 114 cm³/mol. The summed E-state index contributed by atoms with van der Waals surface area (Å²) in [5, 5.41) is 17.6. The minimum atomic E-state index is -0.493. The van der Waals surface area contributed by atoms with E-state index in [0.29, 0.717) is 28.1 Å². The molecule has 3 aromatic rings. The zero-order chi connectivity index (χ0) is 21.5. The van der Waals surface area contributed by atoms with Gasteiger partial charge in [0.1, 0.15) is 0 Å². The Morgan fingerprint density at radius 3 is 2.13 bits per heavy atom. The molecule has 0 aliphatic carbocycles. The van der Waals surface area contributed by atoms with E-state index >= 15 is 0 Å². The minimum absolute atomic E-state index is 0.0542. The number of nitrogens with one attached hydrogen (secondary N) is 2. The summed E-state index contributed by atoms with van der Waals surface area (Å²) in [5.74, 6) is -0.689. The van der Waals surface area contributed by atoms with Crippen LogP contribution in [-0.2, 0) is 0 Å². The largest absolute Gasteiger partial charge is 0.322 e. The molecular formula is C22H18N4O4. The lowest BCUT2D eigenvalue weighted by Gasteiger charge is -2.07. The summed E-state index contributed by atoms with van der Waals surface area (Å²) < 4.78 is 0. The van der Waals surface area contributed by atoms with Crippen LogP contribution in [0.5, 0.6) is 0 Å². The zero-order valence-electron chi connectivity index (χ0n) is 16.0. The van der Waals surface area contributed by atoms with Crippen LogP contribution in [0.4, 0.5) is 11.4 Å². The third kappa shape index (κ3) is 5.14. The number of anilines is 1. The van der Waals surface area contributed by atoms with E-state index in [9.17, 15) is 19.7 Å². The first-order valence-corrected chi connectivity index (χ1v) is 9.00. The average Bonchev–Trinajstić information content (AvgIpc) is 2.78. The van der Waals surface area contributed by atoms with Crippen LogP contribution in [0.3, 0.4) is 0 Å². The SMILES string of the molecule is CC(=NNC(=O)c1ccc(NC(=O)c2ccccc2)cc1)c1cccc([N+](=O)[O-])c1. The Morgan fingerprint density at radius 2 is 1.47 bits per heavy atom. The minimum Gasteiger partial charge on any atom is -0.322 e. The van der Waals surface area contributed by atoms with Gasteiger partial charge in [-0.15, -0.1) is 0 Å². The van der Waals surface area contributed by atoms with Gasteiger partial charge in [0.2, 0.25) is 0 Å². The number of amides is 2. The van der Waals surface area contributed by atoms with Gasteiger partial charge in [-0.25, -0.2) is 5.43 Å². The van der Waals surface area contributed by atoms with Crippen LogP contribution in [0.2, 0.25) is 0 Å². The van der Waals surface area contributed by atoms with Crippen molar-refractivity contribution in [1.29, 1.82) is 0 Å². The maximum absolute atomic E-state index is 12.3. The second kappa shape index (κ2) is 9.24. The van der Waals surface area contributed by atoms with E-state index in [1.807, 2.05) is 6.07 Å². The lowest BCUT2D eigenvalue weighted by atomic mass is 10.1. The van der Waals surface area contributed by atoms with Crippen LogP contribution in [0.15, 0.2) is 84.0 Å². The molecule has 0 unspecified atom stereocenters. The third-order valence-corrected chi connectivity index (χ3v) is 4.24. The van der Waals surface area contributed by atoms with Gasteiger partial charge in [0.05, 0.1) is 10.6 Å². The number of carbonyl (C=O) groups is 2. The molecule has 0 aliphatic rings. The van der Waals surface area contributed by atoms with Gasteiger partial charge < -0.3 is 5.32 Å². The monoisotopic (exact) mass is 402 g/mol. The summed E-state index contributed by atoms with van der Waals surface area (Å²) in [5.41, 5.74) is 4.77. The van der Waals surface area contributed by atoms with Crippen molar-refractivity contribution >= 4 is 28.9 Å². The van der Waals surface area contributed by atoms with Gasteiger partial charge >= 0.3 is 0 Å². The zero-order valence-corrected chi connectivity index (χ0v) is 16.0. The quantitative estimate of drug-likeness (QED) is 0.368. The highest BCUT2D eigenvalue weighted by Gasteiger charge is 2.10. The van der Waals surface area contributed by atoms with Crippen molar-refractivity contribution in [2.75, 3.05) is 5.32 Å². The van der Waals surface area contributed by atoms with Crippen LogP contribution in [-0.4, -0.2) is 22.4 Å². The van der Waals surface area contributed by atoms with Crippen molar-refractivity contribution in [3.05, 3.63) is 106 Å². The molecule has 3 aromatic carbocycles. The Bertz CT molecular complexity index is 1110. The molecule has 30 heavy (non-hydrogen) atoms. The van der Waals surface area contributed by atoms with Crippen LogP contribution in [0.25, 0.3) is 0 Å².